The smallest absolute Gasteiger partial charge is 0.330 e. The van der Waals surface area contributed by atoms with Crippen LogP contribution in [0, 0.1) is 10.1 Å². The van der Waals surface area contributed by atoms with Crippen molar-refractivity contribution in [2.45, 2.75) is 13.0 Å². The average molecular weight is 223 g/mol. The predicted molar refractivity (Wildman–Crippen MR) is 57.4 cm³/mol. The van der Waals surface area contributed by atoms with Crippen LogP contribution in [0.4, 0.5) is 5.69 Å². The summed E-state index contributed by atoms with van der Waals surface area (Å²) in [7, 11) is 0. The third-order valence-corrected chi connectivity index (χ3v) is 2.60. The highest BCUT2D eigenvalue weighted by Crippen LogP contribution is 2.25. The van der Waals surface area contributed by atoms with Gasteiger partial charge in [-0.05, 0) is 12.6 Å². The number of hydrogen-bond donors (Lipinski definition) is 0. The van der Waals surface area contributed by atoms with Crippen LogP contribution >= 0.6 is 0 Å². The van der Waals surface area contributed by atoms with Gasteiger partial charge in [-0.25, -0.2) is 4.98 Å². The molecule has 0 saturated carbocycles. The minimum absolute atomic E-state index is 0.0218. The molecule has 1 fully saturated rings. The van der Waals surface area contributed by atoms with Crippen LogP contribution in [0.15, 0.2) is 18.3 Å². The second-order valence-electron chi connectivity index (χ2n) is 3.68. The Hall–Kier alpha value is -1.69. The SMILES string of the molecule is CCN1CC(Oc2ncccc2[N+](=O)[O-])C1. The Bertz CT molecular complexity index is 391. The molecule has 0 bridgehead atoms. The first-order chi connectivity index (χ1) is 7.70. The fraction of sp³-hybridized carbons (Fsp3) is 0.500. The molecule has 2 rings (SSSR count). The number of pyridine rings is 1. The lowest BCUT2D eigenvalue weighted by molar-refractivity contribution is -0.386. The van der Waals surface area contributed by atoms with Gasteiger partial charge in [0, 0.05) is 25.4 Å². The zero-order valence-electron chi connectivity index (χ0n) is 9.00. The van der Waals surface area contributed by atoms with E-state index in [4.69, 9.17) is 4.74 Å². The number of nitrogens with zero attached hydrogens (tertiary/aromatic N) is 3. The molecule has 0 spiro atoms. The monoisotopic (exact) mass is 223 g/mol. The molecule has 1 saturated heterocycles. The molecule has 16 heavy (non-hydrogen) atoms. The van der Waals surface area contributed by atoms with Crippen molar-refractivity contribution in [3.05, 3.63) is 28.4 Å². The zero-order valence-corrected chi connectivity index (χ0v) is 9.00. The molecule has 1 aliphatic heterocycles. The number of rotatable bonds is 4. The molecule has 6 nitrogen and oxygen atoms in total. The van der Waals surface area contributed by atoms with Gasteiger partial charge in [0.15, 0.2) is 0 Å². The minimum Gasteiger partial charge on any atom is -0.467 e. The third-order valence-electron chi connectivity index (χ3n) is 2.60. The molecule has 86 valence electrons. The predicted octanol–water partition coefficient (Wildman–Crippen LogP) is 1.07. The highest BCUT2D eigenvalue weighted by atomic mass is 16.6. The maximum absolute atomic E-state index is 10.7. The summed E-state index contributed by atoms with van der Waals surface area (Å²) >= 11 is 0. The van der Waals surface area contributed by atoms with Gasteiger partial charge in [-0.1, -0.05) is 6.92 Å². The quantitative estimate of drug-likeness (QED) is 0.564. The van der Waals surface area contributed by atoms with Crippen LogP contribution in [0.3, 0.4) is 0 Å². The number of nitro groups is 1. The van der Waals surface area contributed by atoms with Gasteiger partial charge in [-0.2, -0.15) is 0 Å². The van der Waals surface area contributed by atoms with Gasteiger partial charge in [0.25, 0.3) is 5.88 Å². The van der Waals surface area contributed by atoms with Gasteiger partial charge in [0.1, 0.15) is 6.10 Å². The molecule has 0 atom stereocenters. The minimum atomic E-state index is -0.474. The topological polar surface area (TPSA) is 68.5 Å². The molecule has 2 heterocycles. The molecule has 1 aliphatic rings. The Morgan fingerprint density at radius 3 is 3.06 bits per heavy atom. The van der Waals surface area contributed by atoms with Crippen LogP contribution in [0.5, 0.6) is 5.88 Å². The van der Waals surface area contributed by atoms with E-state index in [0.29, 0.717) is 0 Å². The van der Waals surface area contributed by atoms with E-state index in [-0.39, 0.29) is 17.7 Å². The van der Waals surface area contributed by atoms with Crippen molar-refractivity contribution in [2.24, 2.45) is 0 Å². The summed E-state index contributed by atoms with van der Waals surface area (Å²) in [6.45, 7) is 4.66. The van der Waals surface area contributed by atoms with Crippen molar-refractivity contribution >= 4 is 5.69 Å². The summed E-state index contributed by atoms with van der Waals surface area (Å²) in [6, 6.07) is 2.93. The van der Waals surface area contributed by atoms with E-state index >= 15 is 0 Å². The van der Waals surface area contributed by atoms with Gasteiger partial charge in [0.05, 0.1) is 4.92 Å². The van der Waals surface area contributed by atoms with Gasteiger partial charge in [0.2, 0.25) is 0 Å². The Balaban J connectivity index is 2.02. The third kappa shape index (κ3) is 2.11. The van der Waals surface area contributed by atoms with E-state index in [1.165, 1.54) is 18.3 Å². The Kier molecular flexibility index (Phi) is 3.00. The Morgan fingerprint density at radius 1 is 1.69 bits per heavy atom. The zero-order chi connectivity index (χ0) is 11.5. The number of aromatic nitrogens is 1. The van der Waals surface area contributed by atoms with E-state index in [1.807, 2.05) is 0 Å². The largest absolute Gasteiger partial charge is 0.467 e. The molecule has 1 aromatic rings. The molecular formula is C10H13N3O3. The molecule has 0 N–H and O–H groups in total. The standard InChI is InChI=1S/C10H13N3O3/c1-2-12-6-8(7-12)16-10-9(13(14)15)4-3-5-11-10/h3-5,8H,2,6-7H2,1H3. The maximum Gasteiger partial charge on any atom is 0.330 e. The first-order valence-electron chi connectivity index (χ1n) is 5.19. The van der Waals surface area contributed by atoms with Crippen LogP contribution in [0.1, 0.15) is 6.92 Å². The van der Waals surface area contributed by atoms with E-state index in [9.17, 15) is 10.1 Å². The fourth-order valence-electron chi connectivity index (χ4n) is 1.63. The summed E-state index contributed by atoms with van der Waals surface area (Å²) in [6.07, 6.45) is 1.52. The van der Waals surface area contributed by atoms with Crippen LogP contribution in [-0.2, 0) is 0 Å². The average Bonchev–Trinajstić information content (AvgIpc) is 2.23. The molecule has 1 aromatic heterocycles. The summed E-state index contributed by atoms with van der Waals surface area (Å²) in [4.78, 5) is 16.3. The first-order valence-corrected chi connectivity index (χ1v) is 5.19. The van der Waals surface area contributed by atoms with Gasteiger partial charge < -0.3 is 4.74 Å². The van der Waals surface area contributed by atoms with E-state index in [1.54, 1.807) is 0 Å². The van der Waals surface area contributed by atoms with Crippen LogP contribution < -0.4 is 4.74 Å². The van der Waals surface area contributed by atoms with Crippen molar-refractivity contribution < 1.29 is 9.66 Å². The summed E-state index contributed by atoms with van der Waals surface area (Å²) < 4.78 is 5.48. The molecule has 0 aromatic carbocycles. The lowest BCUT2D eigenvalue weighted by atomic mass is 10.2. The fourth-order valence-corrected chi connectivity index (χ4v) is 1.63. The molecule has 0 amide bonds. The highest BCUT2D eigenvalue weighted by molar-refractivity contribution is 5.39. The highest BCUT2D eigenvalue weighted by Gasteiger charge is 2.29. The summed E-state index contributed by atoms with van der Waals surface area (Å²) in [5.41, 5.74) is -0.0718. The second kappa shape index (κ2) is 4.44. The van der Waals surface area contributed by atoms with Crippen molar-refractivity contribution in [1.82, 2.24) is 9.88 Å². The van der Waals surface area contributed by atoms with Gasteiger partial charge >= 0.3 is 5.69 Å². The lowest BCUT2D eigenvalue weighted by Gasteiger charge is -2.37. The van der Waals surface area contributed by atoms with Crippen LogP contribution in [0.2, 0.25) is 0 Å². The first kappa shape index (κ1) is 10.8. The molecule has 0 aliphatic carbocycles. The van der Waals surface area contributed by atoms with Crippen LogP contribution in [0.25, 0.3) is 0 Å². The van der Waals surface area contributed by atoms with Gasteiger partial charge in [-0.15, -0.1) is 0 Å². The molecule has 6 heteroatoms. The molecule has 0 radical (unpaired) electrons. The van der Waals surface area contributed by atoms with E-state index in [2.05, 4.69) is 16.8 Å². The molecule has 0 unspecified atom stereocenters. The Labute approximate surface area is 93.0 Å². The van der Waals surface area contributed by atoms with E-state index in [0.717, 1.165) is 19.6 Å². The van der Waals surface area contributed by atoms with Crippen molar-refractivity contribution in [3.8, 4) is 5.88 Å². The maximum atomic E-state index is 10.7. The van der Waals surface area contributed by atoms with Crippen molar-refractivity contribution in [1.29, 1.82) is 0 Å². The number of hydrogen-bond acceptors (Lipinski definition) is 5. The molecular weight excluding hydrogens is 210 g/mol. The van der Waals surface area contributed by atoms with Crippen molar-refractivity contribution in [2.75, 3.05) is 19.6 Å². The number of ether oxygens (including phenoxy) is 1. The normalized spacial score (nSPS) is 16.8. The summed E-state index contributed by atoms with van der Waals surface area (Å²) in [5.74, 6) is 0.119. The van der Waals surface area contributed by atoms with Crippen LogP contribution in [-0.4, -0.2) is 40.5 Å². The summed E-state index contributed by atoms with van der Waals surface area (Å²) in [5, 5.41) is 10.7. The van der Waals surface area contributed by atoms with Gasteiger partial charge in [-0.3, -0.25) is 15.0 Å². The lowest BCUT2D eigenvalue weighted by Crippen LogP contribution is -2.53. The number of likely N-dealkylation sites (N-methyl/N-ethyl adjacent to an activating group) is 1. The second-order valence-corrected chi connectivity index (χ2v) is 3.68. The Morgan fingerprint density at radius 2 is 2.44 bits per heavy atom. The van der Waals surface area contributed by atoms with Crippen molar-refractivity contribution in [3.63, 3.8) is 0 Å². The van der Waals surface area contributed by atoms with E-state index < -0.39 is 4.92 Å². The number of likely N-dealkylation sites (tertiary alicyclic amines) is 1.